The maximum atomic E-state index is 12.0. The maximum absolute atomic E-state index is 12.0. The lowest BCUT2D eigenvalue weighted by molar-refractivity contribution is -0.120. The van der Waals surface area contributed by atoms with Gasteiger partial charge in [0.05, 0.1) is 12.6 Å². The quantitative estimate of drug-likeness (QED) is 0.859. The van der Waals surface area contributed by atoms with Crippen LogP contribution in [0.2, 0.25) is 0 Å². The second kappa shape index (κ2) is 7.22. The number of amides is 2. The van der Waals surface area contributed by atoms with E-state index in [4.69, 9.17) is 4.74 Å². The zero-order chi connectivity index (χ0) is 15.2. The molecule has 1 heterocycles. The highest BCUT2D eigenvalue weighted by atomic mass is 16.5. The van der Waals surface area contributed by atoms with Gasteiger partial charge >= 0.3 is 0 Å². The Bertz CT molecular complexity index is 522. The van der Waals surface area contributed by atoms with Crippen molar-refractivity contribution in [3.63, 3.8) is 0 Å². The van der Waals surface area contributed by atoms with Crippen LogP contribution in [-0.4, -0.2) is 37.6 Å². The molecule has 21 heavy (non-hydrogen) atoms. The Morgan fingerprint density at radius 3 is 2.71 bits per heavy atom. The number of carbonyl (C=O) groups excluding carboxylic acids is 2. The van der Waals surface area contributed by atoms with Crippen LogP contribution in [0.25, 0.3) is 0 Å². The second-order valence-electron chi connectivity index (χ2n) is 5.42. The molecule has 1 aliphatic heterocycles. The predicted octanol–water partition coefficient (Wildman–Crippen LogP) is 1.33. The van der Waals surface area contributed by atoms with Gasteiger partial charge in [0.25, 0.3) is 5.91 Å². The van der Waals surface area contributed by atoms with Crippen LogP contribution in [0.3, 0.4) is 0 Å². The highest BCUT2D eigenvalue weighted by Gasteiger charge is 2.16. The van der Waals surface area contributed by atoms with Crippen LogP contribution in [0, 0.1) is 13.8 Å². The van der Waals surface area contributed by atoms with Crippen molar-refractivity contribution in [2.24, 2.45) is 0 Å². The van der Waals surface area contributed by atoms with Crippen LogP contribution >= 0.6 is 0 Å². The molecule has 5 heteroatoms. The minimum Gasteiger partial charge on any atom is -0.376 e. The Morgan fingerprint density at radius 1 is 1.24 bits per heavy atom. The van der Waals surface area contributed by atoms with Crippen LogP contribution in [0.1, 0.15) is 34.3 Å². The van der Waals surface area contributed by atoms with E-state index in [-0.39, 0.29) is 24.5 Å². The van der Waals surface area contributed by atoms with Gasteiger partial charge in [-0.3, -0.25) is 9.59 Å². The number of ether oxygens (including phenoxy) is 1. The Balaban J connectivity index is 1.74. The van der Waals surface area contributed by atoms with Crippen molar-refractivity contribution in [3.05, 3.63) is 34.9 Å². The summed E-state index contributed by atoms with van der Waals surface area (Å²) in [7, 11) is 0. The van der Waals surface area contributed by atoms with E-state index >= 15 is 0 Å². The summed E-state index contributed by atoms with van der Waals surface area (Å²) in [6, 6.07) is 5.50. The van der Waals surface area contributed by atoms with Gasteiger partial charge in [0.2, 0.25) is 5.91 Å². The van der Waals surface area contributed by atoms with Gasteiger partial charge in [-0.25, -0.2) is 0 Å². The van der Waals surface area contributed by atoms with Gasteiger partial charge in [-0.15, -0.1) is 0 Å². The minimum absolute atomic E-state index is 0.0154. The van der Waals surface area contributed by atoms with Gasteiger partial charge in [-0.2, -0.15) is 0 Å². The molecule has 1 fully saturated rings. The summed E-state index contributed by atoms with van der Waals surface area (Å²) in [5, 5.41) is 5.40. The SMILES string of the molecule is Cc1ccc(C(=O)NCC(=O)NC[C@@H]2CCCO2)cc1C. The van der Waals surface area contributed by atoms with E-state index in [1.165, 1.54) is 0 Å². The number of benzene rings is 1. The third kappa shape index (κ3) is 4.56. The van der Waals surface area contributed by atoms with Crippen molar-refractivity contribution in [2.45, 2.75) is 32.8 Å². The van der Waals surface area contributed by atoms with E-state index in [9.17, 15) is 9.59 Å². The highest BCUT2D eigenvalue weighted by Crippen LogP contribution is 2.10. The Kier molecular flexibility index (Phi) is 5.33. The van der Waals surface area contributed by atoms with Gasteiger partial charge in [0.15, 0.2) is 0 Å². The van der Waals surface area contributed by atoms with Crippen LogP contribution < -0.4 is 10.6 Å². The molecule has 1 aliphatic rings. The first kappa shape index (κ1) is 15.5. The number of hydrogen-bond donors (Lipinski definition) is 2. The summed E-state index contributed by atoms with van der Waals surface area (Å²) in [5.41, 5.74) is 2.77. The molecule has 0 aliphatic carbocycles. The van der Waals surface area contributed by atoms with E-state index < -0.39 is 0 Å². The Hall–Kier alpha value is -1.88. The molecule has 0 aromatic heterocycles. The predicted molar refractivity (Wildman–Crippen MR) is 80.2 cm³/mol. The molecule has 1 aromatic rings. The average Bonchev–Trinajstić information content (AvgIpc) is 2.98. The molecule has 0 saturated carbocycles. The minimum atomic E-state index is -0.231. The normalized spacial score (nSPS) is 17.5. The smallest absolute Gasteiger partial charge is 0.251 e. The van der Waals surface area contributed by atoms with Gasteiger partial charge in [-0.05, 0) is 49.9 Å². The lowest BCUT2D eigenvalue weighted by Crippen LogP contribution is -2.39. The van der Waals surface area contributed by atoms with Crippen molar-refractivity contribution < 1.29 is 14.3 Å². The van der Waals surface area contributed by atoms with E-state index in [0.717, 1.165) is 30.6 Å². The van der Waals surface area contributed by atoms with Crippen LogP contribution in [0.4, 0.5) is 0 Å². The third-order valence-corrected chi connectivity index (χ3v) is 3.73. The summed E-state index contributed by atoms with van der Waals surface area (Å²) >= 11 is 0. The summed E-state index contributed by atoms with van der Waals surface area (Å²) in [6.45, 7) is 5.22. The maximum Gasteiger partial charge on any atom is 0.251 e. The van der Waals surface area contributed by atoms with Crippen molar-refractivity contribution >= 4 is 11.8 Å². The zero-order valence-electron chi connectivity index (χ0n) is 12.6. The zero-order valence-corrected chi connectivity index (χ0v) is 12.6. The molecule has 2 N–H and O–H groups in total. The molecule has 0 radical (unpaired) electrons. The van der Waals surface area contributed by atoms with Gasteiger partial charge in [-0.1, -0.05) is 6.07 Å². The van der Waals surface area contributed by atoms with E-state index in [2.05, 4.69) is 10.6 Å². The lowest BCUT2D eigenvalue weighted by atomic mass is 10.1. The summed E-state index contributed by atoms with van der Waals surface area (Å²) < 4.78 is 5.42. The standard InChI is InChI=1S/C16H22N2O3/c1-11-5-6-13(8-12(11)2)16(20)18-10-15(19)17-9-14-4-3-7-21-14/h5-6,8,14H,3-4,7,9-10H2,1-2H3,(H,17,19)(H,18,20)/t14-/m0/s1. The first-order valence-electron chi connectivity index (χ1n) is 7.30. The fourth-order valence-corrected chi connectivity index (χ4v) is 2.24. The number of nitrogens with one attached hydrogen (secondary N) is 2. The van der Waals surface area contributed by atoms with E-state index in [1.54, 1.807) is 6.07 Å². The Labute approximate surface area is 125 Å². The molecule has 1 saturated heterocycles. The van der Waals surface area contributed by atoms with Crippen LogP contribution in [-0.2, 0) is 9.53 Å². The van der Waals surface area contributed by atoms with Gasteiger partial charge < -0.3 is 15.4 Å². The van der Waals surface area contributed by atoms with E-state index in [1.807, 2.05) is 26.0 Å². The molecule has 1 aromatic carbocycles. The van der Waals surface area contributed by atoms with Crippen molar-refractivity contribution in [1.82, 2.24) is 10.6 Å². The number of hydrogen-bond acceptors (Lipinski definition) is 3. The monoisotopic (exact) mass is 290 g/mol. The molecule has 2 amide bonds. The molecule has 114 valence electrons. The van der Waals surface area contributed by atoms with Crippen LogP contribution in [0.15, 0.2) is 18.2 Å². The first-order valence-corrected chi connectivity index (χ1v) is 7.30. The molecule has 0 unspecified atom stereocenters. The first-order chi connectivity index (χ1) is 10.1. The topological polar surface area (TPSA) is 67.4 Å². The molecular weight excluding hydrogens is 268 g/mol. The van der Waals surface area contributed by atoms with Gasteiger partial charge in [0.1, 0.15) is 0 Å². The largest absolute Gasteiger partial charge is 0.376 e. The molecule has 5 nitrogen and oxygen atoms in total. The third-order valence-electron chi connectivity index (χ3n) is 3.73. The molecule has 1 atom stereocenters. The Morgan fingerprint density at radius 2 is 2.05 bits per heavy atom. The summed E-state index contributed by atoms with van der Waals surface area (Å²) in [5.74, 6) is -0.423. The molecule has 2 rings (SSSR count). The summed E-state index contributed by atoms with van der Waals surface area (Å²) in [4.78, 5) is 23.6. The van der Waals surface area contributed by atoms with Crippen molar-refractivity contribution in [2.75, 3.05) is 19.7 Å². The fraction of sp³-hybridized carbons (Fsp3) is 0.500. The fourth-order valence-electron chi connectivity index (χ4n) is 2.24. The number of rotatable bonds is 5. The number of aryl methyl sites for hydroxylation is 2. The average molecular weight is 290 g/mol. The molecule has 0 bridgehead atoms. The second-order valence-corrected chi connectivity index (χ2v) is 5.42. The molecule has 0 spiro atoms. The highest BCUT2D eigenvalue weighted by molar-refractivity contribution is 5.96. The van der Waals surface area contributed by atoms with E-state index in [0.29, 0.717) is 12.1 Å². The van der Waals surface area contributed by atoms with Crippen molar-refractivity contribution in [1.29, 1.82) is 0 Å². The lowest BCUT2D eigenvalue weighted by Gasteiger charge is -2.11. The molecular formula is C16H22N2O3. The van der Waals surface area contributed by atoms with Gasteiger partial charge in [0, 0.05) is 18.7 Å². The van der Waals surface area contributed by atoms with Crippen LogP contribution in [0.5, 0.6) is 0 Å². The van der Waals surface area contributed by atoms with Crippen molar-refractivity contribution in [3.8, 4) is 0 Å². The number of carbonyl (C=O) groups is 2. The summed E-state index contributed by atoms with van der Waals surface area (Å²) in [6.07, 6.45) is 2.14.